The predicted octanol–water partition coefficient (Wildman–Crippen LogP) is 1.45. The molecule has 0 aliphatic rings. The first-order chi connectivity index (χ1) is 7.80. The number of aliphatic hydroxyl groups excluding tert-OH is 1. The molecule has 0 amide bonds. The fourth-order valence-electron chi connectivity index (χ4n) is 1.39. The molecule has 0 bridgehead atoms. The topological polar surface area (TPSA) is 67.3 Å². The van der Waals surface area contributed by atoms with Gasteiger partial charge in [0.15, 0.2) is 0 Å². The maximum atomic E-state index is 8.89. The third-order valence-corrected chi connectivity index (χ3v) is 2.26. The van der Waals surface area contributed by atoms with Crippen molar-refractivity contribution in [3.8, 4) is 5.88 Å². The number of nitrogens with one attached hydrogen (secondary N) is 1. The summed E-state index contributed by atoms with van der Waals surface area (Å²) < 4.78 is 5.28. The van der Waals surface area contributed by atoms with E-state index in [4.69, 9.17) is 9.84 Å². The maximum Gasteiger partial charge on any atom is 0.218 e. The molecule has 0 aliphatic heterocycles. The zero-order chi connectivity index (χ0) is 11.8. The summed E-state index contributed by atoms with van der Waals surface area (Å²) in [7, 11) is 0. The summed E-state index contributed by atoms with van der Waals surface area (Å²) in [5, 5.41) is 12.1. The fourth-order valence-corrected chi connectivity index (χ4v) is 1.39. The highest BCUT2D eigenvalue weighted by atomic mass is 16.5. The molecule has 1 aromatic rings. The first kappa shape index (κ1) is 12.7. The second kappa shape index (κ2) is 7.00. The van der Waals surface area contributed by atoms with E-state index in [1.807, 2.05) is 6.92 Å². The number of ether oxygens (including phenoxy) is 1. The summed E-state index contributed by atoms with van der Waals surface area (Å²) in [6.45, 7) is 4.74. The molecule has 0 spiro atoms. The average molecular weight is 225 g/mol. The van der Waals surface area contributed by atoms with Crippen molar-refractivity contribution in [1.82, 2.24) is 9.97 Å². The van der Waals surface area contributed by atoms with Gasteiger partial charge in [0.1, 0.15) is 12.1 Å². The predicted molar refractivity (Wildman–Crippen MR) is 62.6 cm³/mol. The van der Waals surface area contributed by atoms with Crippen molar-refractivity contribution in [1.29, 1.82) is 0 Å². The van der Waals surface area contributed by atoms with Crippen LogP contribution in [0.4, 0.5) is 5.82 Å². The third kappa shape index (κ3) is 4.02. The smallest absolute Gasteiger partial charge is 0.218 e. The van der Waals surface area contributed by atoms with Crippen LogP contribution in [0.3, 0.4) is 0 Å². The average Bonchev–Trinajstić information content (AvgIpc) is 2.29. The number of hydrogen-bond donors (Lipinski definition) is 2. The number of rotatable bonds is 7. The van der Waals surface area contributed by atoms with Gasteiger partial charge in [0.25, 0.3) is 0 Å². The minimum Gasteiger partial charge on any atom is -0.478 e. The van der Waals surface area contributed by atoms with E-state index in [0.717, 1.165) is 12.2 Å². The second-order valence-electron chi connectivity index (χ2n) is 3.44. The Hall–Kier alpha value is -1.36. The van der Waals surface area contributed by atoms with Gasteiger partial charge in [-0.1, -0.05) is 6.92 Å². The third-order valence-electron chi connectivity index (χ3n) is 2.26. The molecule has 0 saturated heterocycles. The minimum atomic E-state index is 0.176. The molecule has 1 aromatic heterocycles. The van der Waals surface area contributed by atoms with E-state index in [2.05, 4.69) is 22.2 Å². The Morgan fingerprint density at radius 1 is 1.44 bits per heavy atom. The van der Waals surface area contributed by atoms with Crippen molar-refractivity contribution in [3.63, 3.8) is 0 Å². The number of aliphatic hydroxyl groups is 1. The van der Waals surface area contributed by atoms with Gasteiger partial charge in [0.2, 0.25) is 5.88 Å². The maximum absolute atomic E-state index is 8.89. The molecule has 0 fully saturated rings. The first-order valence-corrected chi connectivity index (χ1v) is 5.62. The summed E-state index contributed by atoms with van der Waals surface area (Å²) in [6, 6.07) is 2.00. The molecule has 1 rings (SSSR count). The van der Waals surface area contributed by atoms with Gasteiger partial charge in [-0.15, -0.1) is 0 Å². The van der Waals surface area contributed by atoms with E-state index >= 15 is 0 Å². The molecule has 90 valence electrons. The van der Waals surface area contributed by atoms with Crippen molar-refractivity contribution in [2.75, 3.05) is 18.5 Å². The zero-order valence-electron chi connectivity index (χ0n) is 9.81. The summed E-state index contributed by atoms with van der Waals surface area (Å²) >= 11 is 0. The van der Waals surface area contributed by atoms with Crippen LogP contribution in [0.15, 0.2) is 12.4 Å². The Morgan fingerprint density at radius 3 is 2.88 bits per heavy atom. The molecule has 5 heteroatoms. The van der Waals surface area contributed by atoms with Gasteiger partial charge in [-0.2, -0.15) is 0 Å². The Bertz CT molecular complexity index is 307. The van der Waals surface area contributed by atoms with Crippen molar-refractivity contribution >= 4 is 5.82 Å². The highest BCUT2D eigenvalue weighted by Crippen LogP contribution is 2.13. The standard InChI is InChI=1S/C11H19N3O2/c1-3-9(5-6-15)14-10-7-11(16-4-2)13-8-12-10/h7-9,15H,3-6H2,1-2H3,(H,12,13,14). The summed E-state index contributed by atoms with van der Waals surface area (Å²) in [6.07, 6.45) is 3.12. The van der Waals surface area contributed by atoms with E-state index < -0.39 is 0 Å². The van der Waals surface area contributed by atoms with Gasteiger partial charge in [0.05, 0.1) is 6.61 Å². The quantitative estimate of drug-likeness (QED) is 0.735. The lowest BCUT2D eigenvalue weighted by Gasteiger charge is -2.16. The molecule has 16 heavy (non-hydrogen) atoms. The van der Waals surface area contributed by atoms with Crippen molar-refractivity contribution < 1.29 is 9.84 Å². The molecule has 0 aromatic carbocycles. The summed E-state index contributed by atoms with van der Waals surface area (Å²) in [5.74, 6) is 1.30. The number of aromatic nitrogens is 2. The Morgan fingerprint density at radius 2 is 2.25 bits per heavy atom. The summed E-state index contributed by atoms with van der Waals surface area (Å²) in [4.78, 5) is 8.09. The molecular weight excluding hydrogens is 206 g/mol. The SMILES string of the molecule is CCOc1cc(NC(CC)CCO)ncn1. The molecule has 1 heterocycles. The van der Waals surface area contributed by atoms with Crippen LogP contribution in [-0.2, 0) is 0 Å². The van der Waals surface area contributed by atoms with E-state index in [9.17, 15) is 0 Å². The Kier molecular flexibility index (Phi) is 5.56. The van der Waals surface area contributed by atoms with Gasteiger partial charge in [-0.05, 0) is 19.8 Å². The number of nitrogens with zero attached hydrogens (tertiary/aromatic N) is 2. The van der Waals surface area contributed by atoms with Crippen molar-refractivity contribution in [3.05, 3.63) is 12.4 Å². The van der Waals surface area contributed by atoms with Crippen molar-refractivity contribution in [2.24, 2.45) is 0 Å². The molecule has 5 nitrogen and oxygen atoms in total. The lowest BCUT2D eigenvalue weighted by Crippen LogP contribution is -2.20. The zero-order valence-corrected chi connectivity index (χ0v) is 9.81. The highest BCUT2D eigenvalue weighted by molar-refractivity contribution is 5.38. The van der Waals surface area contributed by atoms with Crippen LogP contribution in [0.2, 0.25) is 0 Å². The lowest BCUT2D eigenvalue weighted by atomic mass is 10.1. The highest BCUT2D eigenvalue weighted by Gasteiger charge is 2.06. The van der Waals surface area contributed by atoms with E-state index in [1.54, 1.807) is 6.07 Å². The van der Waals surface area contributed by atoms with Gasteiger partial charge >= 0.3 is 0 Å². The molecule has 1 atom stereocenters. The molecule has 0 aliphatic carbocycles. The number of anilines is 1. The van der Waals surface area contributed by atoms with Crippen LogP contribution in [-0.4, -0.2) is 34.3 Å². The lowest BCUT2D eigenvalue weighted by molar-refractivity contribution is 0.278. The molecule has 0 saturated carbocycles. The fraction of sp³-hybridized carbons (Fsp3) is 0.636. The molecule has 0 radical (unpaired) electrons. The number of hydrogen-bond acceptors (Lipinski definition) is 5. The first-order valence-electron chi connectivity index (χ1n) is 5.62. The normalized spacial score (nSPS) is 12.2. The largest absolute Gasteiger partial charge is 0.478 e. The van der Waals surface area contributed by atoms with Crippen LogP contribution in [0, 0.1) is 0 Å². The monoisotopic (exact) mass is 225 g/mol. The van der Waals surface area contributed by atoms with Gasteiger partial charge in [-0.3, -0.25) is 0 Å². The second-order valence-corrected chi connectivity index (χ2v) is 3.44. The van der Waals surface area contributed by atoms with E-state index in [0.29, 0.717) is 18.9 Å². The van der Waals surface area contributed by atoms with Gasteiger partial charge < -0.3 is 15.2 Å². The summed E-state index contributed by atoms with van der Waals surface area (Å²) in [5.41, 5.74) is 0. The van der Waals surface area contributed by atoms with Crippen LogP contribution in [0.25, 0.3) is 0 Å². The van der Waals surface area contributed by atoms with Gasteiger partial charge in [-0.25, -0.2) is 9.97 Å². The van der Waals surface area contributed by atoms with Crippen LogP contribution >= 0.6 is 0 Å². The van der Waals surface area contributed by atoms with Crippen LogP contribution in [0.1, 0.15) is 26.7 Å². The molecule has 1 unspecified atom stereocenters. The molecule has 2 N–H and O–H groups in total. The Labute approximate surface area is 95.9 Å². The molecular formula is C11H19N3O2. The van der Waals surface area contributed by atoms with E-state index in [1.165, 1.54) is 6.33 Å². The van der Waals surface area contributed by atoms with Crippen LogP contribution < -0.4 is 10.1 Å². The van der Waals surface area contributed by atoms with Gasteiger partial charge in [0, 0.05) is 18.7 Å². The van der Waals surface area contributed by atoms with E-state index in [-0.39, 0.29) is 12.6 Å². The Balaban J connectivity index is 2.60. The minimum absolute atomic E-state index is 0.176. The van der Waals surface area contributed by atoms with Crippen molar-refractivity contribution in [2.45, 2.75) is 32.7 Å². The van der Waals surface area contributed by atoms with Crippen LogP contribution in [0.5, 0.6) is 5.88 Å².